The summed E-state index contributed by atoms with van der Waals surface area (Å²) in [4.78, 5) is 11.5. The van der Waals surface area contributed by atoms with Crippen molar-refractivity contribution in [1.82, 2.24) is 0 Å². The Kier molecular flexibility index (Phi) is 13.9. The van der Waals surface area contributed by atoms with Gasteiger partial charge < -0.3 is 14.6 Å². The van der Waals surface area contributed by atoms with Gasteiger partial charge in [-0.15, -0.1) is 0 Å². The second kappa shape index (κ2) is 15.4. The van der Waals surface area contributed by atoms with Crippen LogP contribution in [-0.4, -0.2) is 36.0 Å². The van der Waals surface area contributed by atoms with E-state index in [0.717, 1.165) is 12.8 Å². The normalized spacial score (nSPS) is 20.1. The van der Waals surface area contributed by atoms with Gasteiger partial charge in [0.25, 0.3) is 0 Å². The van der Waals surface area contributed by atoms with Gasteiger partial charge in [0.05, 0.1) is 18.3 Å². The minimum absolute atomic E-state index is 0.136. The number of aliphatic hydroxyl groups excluding tert-OH is 1. The molecule has 0 aromatic carbocycles. The Labute approximate surface area is 161 Å². The molecule has 1 heterocycles. The number of epoxide rings is 1. The average molecular weight is 371 g/mol. The molecule has 0 aromatic heterocycles. The third-order valence-corrected chi connectivity index (χ3v) is 5.31. The highest BCUT2D eigenvalue weighted by Gasteiger charge is 2.36. The van der Waals surface area contributed by atoms with E-state index in [1.807, 2.05) is 6.92 Å². The zero-order valence-corrected chi connectivity index (χ0v) is 17.2. The van der Waals surface area contributed by atoms with Gasteiger partial charge in [-0.2, -0.15) is 0 Å². The van der Waals surface area contributed by atoms with Crippen LogP contribution in [0.15, 0.2) is 0 Å². The van der Waals surface area contributed by atoms with Crippen LogP contribution in [0.1, 0.15) is 110 Å². The van der Waals surface area contributed by atoms with Gasteiger partial charge in [0.2, 0.25) is 0 Å². The zero-order valence-electron chi connectivity index (χ0n) is 17.2. The summed E-state index contributed by atoms with van der Waals surface area (Å²) in [6, 6.07) is 0. The van der Waals surface area contributed by atoms with Gasteiger partial charge in [0, 0.05) is 6.42 Å². The van der Waals surface area contributed by atoms with E-state index in [1.165, 1.54) is 70.6 Å². The van der Waals surface area contributed by atoms with Crippen molar-refractivity contribution < 1.29 is 19.4 Å². The minimum Gasteiger partial charge on any atom is -0.463 e. The fraction of sp³-hybridized carbons (Fsp3) is 0.955. The monoisotopic (exact) mass is 370 g/mol. The lowest BCUT2D eigenvalue weighted by Gasteiger charge is -2.08. The second-order valence-corrected chi connectivity index (χ2v) is 7.82. The number of carbonyl (C=O) groups excluding carboxylic acids is 1. The van der Waals surface area contributed by atoms with Crippen molar-refractivity contribution in [2.24, 2.45) is 0 Å². The van der Waals surface area contributed by atoms with Crippen molar-refractivity contribution in [2.45, 2.75) is 128 Å². The zero-order chi connectivity index (χ0) is 19.0. The van der Waals surface area contributed by atoms with Crippen LogP contribution in [0.3, 0.4) is 0 Å². The topological polar surface area (TPSA) is 59.1 Å². The maximum Gasteiger partial charge on any atom is 0.305 e. The van der Waals surface area contributed by atoms with Gasteiger partial charge in [-0.25, -0.2) is 0 Å². The Hall–Kier alpha value is -0.610. The van der Waals surface area contributed by atoms with Crippen molar-refractivity contribution in [3.05, 3.63) is 0 Å². The molecule has 0 aliphatic carbocycles. The highest BCUT2D eigenvalue weighted by molar-refractivity contribution is 5.69. The predicted molar refractivity (Wildman–Crippen MR) is 106 cm³/mol. The molecule has 154 valence electrons. The smallest absolute Gasteiger partial charge is 0.305 e. The summed E-state index contributed by atoms with van der Waals surface area (Å²) >= 11 is 0. The van der Waals surface area contributed by atoms with Crippen molar-refractivity contribution >= 4 is 5.97 Å². The van der Waals surface area contributed by atoms with E-state index in [1.54, 1.807) is 0 Å². The van der Waals surface area contributed by atoms with Crippen LogP contribution in [0.25, 0.3) is 0 Å². The fourth-order valence-electron chi connectivity index (χ4n) is 3.34. The maximum absolute atomic E-state index is 11.5. The fourth-order valence-corrected chi connectivity index (χ4v) is 3.34. The molecular formula is C22H42O4. The lowest BCUT2D eigenvalue weighted by atomic mass is 10.0. The summed E-state index contributed by atoms with van der Waals surface area (Å²) in [6.07, 6.45) is 17.9. The van der Waals surface area contributed by atoms with Crippen LogP contribution in [0.4, 0.5) is 0 Å². The van der Waals surface area contributed by atoms with E-state index in [9.17, 15) is 9.90 Å². The van der Waals surface area contributed by atoms with Gasteiger partial charge in [-0.1, -0.05) is 78.1 Å². The number of unbranched alkanes of at least 4 members (excludes halogenated alkanes) is 9. The Balaban J connectivity index is 1.79. The van der Waals surface area contributed by atoms with Crippen LogP contribution >= 0.6 is 0 Å². The Morgan fingerprint density at radius 3 is 2.00 bits per heavy atom. The number of aliphatic hydroxyl groups is 1. The predicted octanol–water partition coefficient (Wildman–Crippen LogP) is 5.55. The van der Waals surface area contributed by atoms with Crippen LogP contribution in [0, 0.1) is 0 Å². The summed E-state index contributed by atoms with van der Waals surface area (Å²) in [6.45, 7) is 4.27. The first-order valence-corrected chi connectivity index (χ1v) is 11.2. The molecule has 0 saturated carbocycles. The SMILES string of the molecule is CCCCCCCCC1OC1CCCCCCCC(=O)OCC(O)CC. The van der Waals surface area contributed by atoms with Gasteiger partial charge in [-0.05, 0) is 25.7 Å². The van der Waals surface area contributed by atoms with Gasteiger partial charge in [-0.3, -0.25) is 4.79 Å². The van der Waals surface area contributed by atoms with E-state index in [4.69, 9.17) is 9.47 Å². The van der Waals surface area contributed by atoms with Gasteiger partial charge in [0.1, 0.15) is 6.61 Å². The van der Waals surface area contributed by atoms with Crippen LogP contribution in [0.2, 0.25) is 0 Å². The number of esters is 1. The molecule has 3 atom stereocenters. The Morgan fingerprint density at radius 2 is 1.42 bits per heavy atom. The van der Waals surface area contributed by atoms with Crippen molar-refractivity contribution in [3.8, 4) is 0 Å². The highest BCUT2D eigenvalue weighted by atomic mass is 16.6. The van der Waals surface area contributed by atoms with E-state index in [2.05, 4.69) is 6.92 Å². The first-order chi connectivity index (χ1) is 12.7. The summed E-state index contributed by atoms with van der Waals surface area (Å²) in [5, 5.41) is 9.35. The molecule has 0 radical (unpaired) electrons. The van der Waals surface area contributed by atoms with E-state index in [-0.39, 0.29) is 12.6 Å². The summed E-state index contributed by atoms with van der Waals surface area (Å²) in [5.74, 6) is -0.179. The summed E-state index contributed by atoms with van der Waals surface area (Å²) in [7, 11) is 0. The molecule has 1 N–H and O–H groups in total. The van der Waals surface area contributed by atoms with Crippen molar-refractivity contribution in [3.63, 3.8) is 0 Å². The first kappa shape index (κ1) is 23.4. The standard InChI is InChI=1S/C22H42O4/c1-3-5-6-7-9-12-15-20-21(26-20)16-13-10-8-11-14-17-22(24)25-18-19(23)4-2/h19-21,23H,3-18H2,1-2H3. The second-order valence-electron chi connectivity index (χ2n) is 7.82. The number of hydrogen-bond acceptors (Lipinski definition) is 4. The first-order valence-electron chi connectivity index (χ1n) is 11.2. The molecule has 4 nitrogen and oxygen atoms in total. The molecular weight excluding hydrogens is 328 g/mol. The molecule has 1 aliphatic rings. The summed E-state index contributed by atoms with van der Waals surface area (Å²) < 4.78 is 10.8. The molecule has 0 aromatic rings. The van der Waals surface area contributed by atoms with Crippen LogP contribution < -0.4 is 0 Å². The minimum atomic E-state index is -0.520. The molecule has 1 rings (SSSR count). The molecule has 0 amide bonds. The molecule has 1 saturated heterocycles. The number of carbonyl (C=O) groups is 1. The Bertz CT molecular complexity index is 345. The van der Waals surface area contributed by atoms with Gasteiger partial charge in [0.15, 0.2) is 0 Å². The average Bonchev–Trinajstić information content (AvgIpc) is 3.39. The molecule has 26 heavy (non-hydrogen) atoms. The molecule has 0 spiro atoms. The van der Waals surface area contributed by atoms with Gasteiger partial charge >= 0.3 is 5.97 Å². The van der Waals surface area contributed by atoms with E-state index in [0.29, 0.717) is 25.0 Å². The third kappa shape index (κ3) is 12.7. The molecule has 4 heteroatoms. The van der Waals surface area contributed by atoms with E-state index >= 15 is 0 Å². The lowest BCUT2D eigenvalue weighted by Crippen LogP contribution is -2.17. The quantitative estimate of drug-likeness (QED) is 0.195. The molecule has 1 aliphatic heterocycles. The third-order valence-electron chi connectivity index (χ3n) is 5.31. The number of rotatable bonds is 18. The van der Waals surface area contributed by atoms with Crippen molar-refractivity contribution in [1.29, 1.82) is 0 Å². The maximum atomic E-state index is 11.5. The molecule has 0 bridgehead atoms. The largest absolute Gasteiger partial charge is 0.463 e. The number of ether oxygens (including phenoxy) is 2. The van der Waals surface area contributed by atoms with Crippen LogP contribution in [0.5, 0.6) is 0 Å². The van der Waals surface area contributed by atoms with E-state index < -0.39 is 6.10 Å². The molecule has 3 unspecified atom stereocenters. The number of hydrogen-bond donors (Lipinski definition) is 1. The lowest BCUT2D eigenvalue weighted by molar-refractivity contribution is -0.146. The highest BCUT2D eigenvalue weighted by Crippen LogP contribution is 2.31. The van der Waals surface area contributed by atoms with Crippen molar-refractivity contribution in [2.75, 3.05) is 6.61 Å². The summed E-state index contributed by atoms with van der Waals surface area (Å²) in [5.41, 5.74) is 0. The van der Waals surface area contributed by atoms with Crippen LogP contribution in [-0.2, 0) is 14.3 Å². The Morgan fingerprint density at radius 1 is 0.885 bits per heavy atom. The molecule has 1 fully saturated rings.